The maximum atomic E-state index is 13.3. The Morgan fingerprint density at radius 2 is 2.00 bits per heavy atom. The standard InChI is InChI=1S/C13H23F2N/c1-2-8-16-13(12(14)15)7-3-4-11(9-13)10-5-6-10/h10-12,16H,2-9H2,1H3. The molecule has 2 unspecified atom stereocenters. The van der Waals surface area contributed by atoms with E-state index in [-0.39, 0.29) is 0 Å². The predicted octanol–water partition coefficient (Wildman–Crippen LogP) is 3.59. The van der Waals surface area contributed by atoms with E-state index < -0.39 is 12.0 Å². The Bertz CT molecular complexity index is 228. The second-order valence-corrected chi connectivity index (χ2v) is 5.58. The van der Waals surface area contributed by atoms with Gasteiger partial charge in [0.05, 0.1) is 5.54 Å². The highest BCUT2D eigenvalue weighted by Crippen LogP contribution is 2.47. The van der Waals surface area contributed by atoms with Crippen molar-refractivity contribution in [2.45, 2.75) is 63.8 Å². The summed E-state index contributed by atoms with van der Waals surface area (Å²) < 4.78 is 26.6. The van der Waals surface area contributed by atoms with Gasteiger partial charge in [0.2, 0.25) is 0 Å². The van der Waals surface area contributed by atoms with Crippen LogP contribution in [0.2, 0.25) is 0 Å². The highest BCUT2D eigenvalue weighted by molar-refractivity contribution is 4.99. The van der Waals surface area contributed by atoms with E-state index in [1.807, 2.05) is 6.92 Å². The second-order valence-electron chi connectivity index (χ2n) is 5.58. The highest BCUT2D eigenvalue weighted by atomic mass is 19.3. The van der Waals surface area contributed by atoms with Crippen molar-refractivity contribution in [2.24, 2.45) is 11.8 Å². The van der Waals surface area contributed by atoms with Gasteiger partial charge in [-0.05, 0) is 50.5 Å². The van der Waals surface area contributed by atoms with Crippen LogP contribution < -0.4 is 5.32 Å². The van der Waals surface area contributed by atoms with E-state index in [9.17, 15) is 8.78 Å². The smallest absolute Gasteiger partial charge is 0.256 e. The summed E-state index contributed by atoms with van der Waals surface area (Å²) in [4.78, 5) is 0. The molecule has 1 N–H and O–H groups in total. The zero-order chi connectivity index (χ0) is 11.6. The van der Waals surface area contributed by atoms with Gasteiger partial charge in [-0.1, -0.05) is 19.8 Å². The largest absolute Gasteiger partial charge is 0.306 e. The van der Waals surface area contributed by atoms with Crippen molar-refractivity contribution in [1.82, 2.24) is 5.32 Å². The van der Waals surface area contributed by atoms with Crippen molar-refractivity contribution in [3.05, 3.63) is 0 Å². The van der Waals surface area contributed by atoms with Gasteiger partial charge in [0.15, 0.2) is 0 Å². The molecule has 1 nitrogen and oxygen atoms in total. The lowest BCUT2D eigenvalue weighted by molar-refractivity contribution is -0.00975. The molecule has 16 heavy (non-hydrogen) atoms. The van der Waals surface area contributed by atoms with Crippen LogP contribution in [-0.4, -0.2) is 18.5 Å². The van der Waals surface area contributed by atoms with Gasteiger partial charge in [-0.15, -0.1) is 0 Å². The number of hydrogen-bond donors (Lipinski definition) is 1. The molecule has 3 heteroatoms. The molecule has 2 rings (SSSR count). The maximum Gasteiger partial charge on any atom is 0.256 e. The van der Waals surface area contributed by atoms with Gasteiger partial charge in [0, 0.05) is 0 Å². The average Bonchev–Trinajstić information content (AvgIpc) is 3.10. The Labute approximate surface area is 97.0 Å². The van der Waals surface area contributed by atoms with Crippen LogP contribution in [0.3, 0.4) is 0 Å². The minimum Gasteiger partial charge on any atom is -0.306 e. The third-order valence-corrected chi connectivity index (χ3v) is 4.26. The summed E-state index contributed by atoms with van der Waals surface area (Å²) >= 11 is 0. The van der Waals surface area contributed by atoms with E-state index in [0.29, 0.717) is 18.8 Å². The summed E-state index contributed by atoms with van der Waals surface area (Å²) in [6.07, 6.45) is 4.79. The van der Waals surface area contributed by atoms with E-state index in [0.717, 1.165) is 25.3 Å². The van der Waals surface area contributed by atoms with E-state index in [4.69, 9.17) is 0 Å². The maximum absolute atomic E-state index is 13.3. The Hall–Kier alpha value is -0.180. The first-order valence-corrected chi connectivity index (χ1v) is 6.71. The van der Waals surface area contributed by atoms with Crippen LogP contribution in [0.15, 0.2) is 0 Å². The molecule has 94 valence electrons. The molecule has 0 aromatic heterocycles. The fraction of sp³-hybridized carbons (Fsp3) is 1.00. The number of hydrogen-bond acceptors (Lipinski definition) is 1. The third-order valence-electron chi connectivity index (χ3n) is 4.26. The monoisotopic (exact) mass is 231 g/mol. The molecular formula is C13H23F2N. The van der Waals surface area contributed by atoms with Crippen LogP contribution in [0, 0.1) is 11.8 Å². The first kappa shape index (κ1) is 12.3. The molecule has 0 aromatic rings. The van der Waals surface area contributed by atoms with Crippen LogP contribution in [0.1, 0.15) is 51.9 Å². The van der Waals surface area contributed by atoms with Gasteiger partial charge in [-0.25, -0.2) is 8.78 Å². The zero-order valence-electron chi connectivity index (χ0n) is 10.1. The average molecular weight is 231 g/mol. The lowest BCUT2D eigenvalue weighted by Gasteiger charge is -2.41. The summed E-state index contributed by atoms with van der Waals surface area (Å²) in [7, 11) is 0. The minimum absolute atomic E-state index is 0.562. The fourth-order valence-corrected chi connectivity index (χ4v) is 3.13. The van der Waals surface area contributed by atoms with Gasteiger partial charge < -0.3 is 5.32 Å². The van der Waals surface area contributed by atoms with Gasteiger partial charge >= 0.3 is 0 Å². The molecule has 0 amide bonds. The Morgan fingerprint density at radius 1 is 1.25 bits per heavy atom. The zero-order valence-corrected chi connectivity index (χ0v) is 10.1. The lowest BCUT2D eigenvalue weighted by atomic mass is 9.74. The molecule has 0 saturated heterocycles. The molecule has 2 atom stereocenters. The Morgan fingerprint density at radius 3 is 2.56 bits per heavy atom. The quantitative estimate of drug-likeness (QED) is 0.762. The normalized spacial score (nSPS) is 35.6. The van der Waals surface area contributed by atoms with E-state index in [1.54, 1.807) is 0 Å². The summed E-state index contributed by atoms with van der Waals surface area (Å²) in [5, 5.41) is 3.15. The van der Waals surface area contributed by atoms with Gasteiger partial charge in [-0.2, -0.15) is 0 Å². The van der Waals surface area contributed by atoms with Crippen LogP contribution >= 0.6 is 0 Å². The molecule has 2 saturated carbocycles. The SMILES string of the molecule is CCCNC1(C(F)F)CCCC(C2CC2)C1. The summed E-state index contributed by atoms with van der Waals surface area (Å²) in [6.45, 7) is 2.76. The summed E-state index contributed by atoms with van der Waals surface area (Å²) in [5.41, 5.74) is -0.860. The molecule has 0 spiro atoms. The number of nitrogens with one attached hydrogen (secondary N) is 1. The predicted molar refractivity (Wildman–Crippen MR) is 61.7 cm³/mol. The topological polar surface area (TPSA) is 12.0 Å². The molecule has 0 bridgehead atoms. The first-order valence-electron chi connectivity index (χ1n) is 6.71. The van der Waals surface area contributed by atoms with Crippen molar-refractivity contribution < 1.29 is 8.78 Å². The first-order chi connectivity index (χ1) is 7.68. The minimum atomic E-state index is -2.21. The number of alkyl halides is 2. The third kappa shape index (κ3) is 2.55. The van der Waals surface area contributed by atoms with E-state index >= 15 is 0 Å². The molecule has 2 aliphatic rings. The van der Waals surface area contributed by atoms with Crippen molar-refractivity contribution in [3.8, 4) is 0 Å². The Kier molecular flexibility index (Phi) is 3.83. The molecule has 0 aromatic carbocycles. The number of rotatable bonds is 5. The fourth-order valence-electron chi connectivity index (χ4n) is 3.13. The van der Waals surface area contributed by atoms with Crippen LogP contribution in [-0.2, 0) is 0 Å². The van der Waals surface area contributed by atoms with Crippen LogP contribution in [0.5, 0.6) is 0 Å². The molecule has 0 aliphatic heterocycles. The van der Waals surface area contributed by atoms with Crippen molar-refractivity contribution in [3.63, 3.8) is 0 Å². The van der Waals surface area contributed by atoms with Crippen molar-refractivity contribution >= 4 is 0 Å². The van der Waals surface area contributed by atoms with Crippen molar-refractivity contribution in [2.75, 3.05) is 6.54 Å². The highest BCUT2D eigenvalue weighted by Gasteiger charge is 2.46. The van der Waals surface area contributed by atoms with E-state index in [2.05, 4.69) is 5.32 Å². The molecule has 2 aliphatic carbocycles. The number of halogens is 2. The summed E-state index contributed by atoms with van der Waals surface area (Å²) in [5.74, 6) is 1.33. The molecule has 2 fully saturated rings. The molecule has 0 heterocycles. The van der Waals surface area contributed by atoms with Gasteiger partial charge in [0.1, 0.15) is 0 Å². The lowest BCUT2D eigenvalue weighted by Crippen LogP contribution is -2.54. The van der Waals surface area contributed by atoms with E-state index in [1.165, 1.54) is 19.3 Å². The van der Waals surface area contributed by atoms with Crippen molar-refractivity contribution in [1.29, 1.82) is 0 Å². The molecular weight excluding hydrogens is 208 g/mol. The van der Waals surface area contributed by atoms with Gasteiger partial charge in [0.25, 0.3) is 6.43 Å². The van der Waals surface area contributed by atoms with Crippen LogP contribution in [0.25, 0.3) is 0 Å². The second kappa shape index (κ2) is 4.99. The van der Waals surface area contributed by atoms with Gasteiger partial charge in [-0.3, -0.25) is 0 Å². The summed E-state index contributed by atoms with van der Waals surface area (Å²) in [6, 6.07) is 0. The Balaban J connectivity index is 1.98. The van der Waals surface area contributed by atoms with Crippen LogP contribution in [0.4, 0.5) is 8.78 Å². The molecule has 0 radical (unpaired) electrons.